The summed E-state index contributed by atoms with van der Waals surface area (Å²) in [5.41, 5.74) is 2.24. The van der Waals surface area contributed by atoms with Crippen LogP contribution in [0.15, 0.2) is 63.5 Å². The fourth-order valence-electron chi connectivity index (χ4n) is 2.18. The Labute approximate surface area is 146 Å². The molecule has 4 nitrogen and oxygen atoms in total. The van der Waals surface area contributed by atoms with Crippen molar-refractivity contribution in [1.29, 1.82) is 0 Å². The second-order valence-corrected chi connectivity index (χ2v) is 6.19. The van der Waals surface area contributed by atoms with E-state index in [9.17, 15) is 4.79 Å². The number of oxazole rings is 1. The van der Waals surface area contributed by atoms with Gasteiger partial charge in [0.25, 0.3) is 0 Å². The van der Waals surface area contributed by atoms with Gasteiger partial charge in [0, 0.05) is 15.6 Å². The molecule has 3 aromatic rings. The van der Waals surface area contributed by atoms with Crippen molar-refractivity contribution in [3.05, 3.63) is 65.0 Å². The molecule has 1 heterocycles. The van der Waals surface area contributed by atoms with Crippen molar-refractivity contribution in [2.75, 3.05) is 0 Å². The van der Waals surface area contributed by atoms with Crippen molar-refractivity contribution in [3.8, 4) is 22.6 Å². The Morgan fingerprint density at radius 2 is 1.78 bits per heavy atom. The number of hydrogen-bond donors (Lipinski definition) is 2. The molecular weight excluding hydrogens is 378 g/mol. The molecule has 1 aromatic heterocycles. The number of carboxylic acids is 1. The third-order valence-corrected chi connectivity index (χ3v) is 4.41. The van der Waals surface area contributed by atoms with Gasteiger partial charge in [-0.25, -0.2) is 4.98 Å². The van der Waals surface area contributed by atoms with Gasteiger partial charge in [0.1, 0.15) is 5.69 Å². The number of nitrogens with zero attached hydrogens (tertiary/aromatic N) is 1. The molecule has 0 spiro atoms. The largest absolute Gasteiger partial charge is 0.480 e. The predicted octanol–water partition coefficient (Wildman–Crippen LogP) is 4.83. The smallest absolute Gasteiger partial charge is 0.325 e. The monoisotopic (exact) mass is 389 g/mol. The third-order valence-electron chi connectivity index (χ3n) is 3.28. The second-order valence-electron chi connectivity index (χ2n) is 4.82. The van der Waals surface area contributed by atoms with E-state index in [0.29, 0.717) is 11.5 Å². The highest BCUT2D eigenvalue weighted by molar-refractivity contribution is 9.10. The average Bonchev–Trinajstić information content (AvgIpc) is 3.00. The van der Waals surface area contributed by atoms with Crippen molar-refractivity contribution < 1.29 is 14.3 Å². The second kappa shape index (κ2) is 6.60. The Balaban J connectivity index is 2.21. The van der Waals surface area contributed by atoms with Gasteiger partial charge < -0.3 is 9.52 Å². The molecule has 0 saturated heterocycles. The lowest BCUT2D eigenvalue weighted by molar-refractivity contribution is -0.136. The lowest BCUT2D eigenvalue weighted by atomic mass is 10.1. The van der Waals surface area contributed by atoms with Crippen LogP contribution in [0.4, 0.5) is 0 Å². The van der Waals surface area contributed by atoms with Crippen molar-refractivity contribution in [1.82, 2.24) is 4.98 Å². The first-order chi connectivity index (χ1) is 11.1. The van der Waals surface area contributed by atoms with Gasteiger partial charge in [-0.2, -0.15) is 12.6 Å². The highest BCUT2D eigenvalue weighted by Gasteiger charge is 2.25. The van der Waals surface area contributed by atoms with Crippen LogP contribution >= 0.6 is 28.6 Å². The van der Waals surface area contributed by atoms with Crippen LogP contribution in [-0.2, 0) is 4.79 Å². The number of hydrogen-bond acceptors (Lipinski definition) is 4. The molecule has 1 N–H and O–H groups in total. The molecule has 0 bridgehead atoms. The minimum absolute atomic E-state index is 0.0606. The topological polar surface area (TPSA) is 63.3 Å². The van der Waals surface area contributed by atoms with Gasteiger partial charge in [-0.05, 0) is 6.07 Å². The first-order valence-electron chi connectivity index (χ1n) is 6.80. The molecule has 0 aliphatic rings. The maximum atomic E-state index is 11.2. The summed E-state index contributed by atoms with van der Waals surface area (Å²) in [4.78, 5) is 15.5. The third kappa shape index (κ3) is 3.18. The number of aromatic nitrogens is 1. The van der Waals surface area contributed by atoms with Crippen LogP contribution in [0.3, 0.4) is 0 Å². The Hall–Kier alpha value is -2.05. The molecule has 0 amide bonds. The van der Waals surface area contributed by atoms with Gasteiger partial charge in [-0.1, -0.05) is 64.5 Å². The van der Waals surface area contributed by atoms with Gasteiger partial charge in [0.15, 0.2) is 11.0 Å². The minimum atomic E-state index is -1.12. The summed E-state index contributed by atoms with van der Waals surface area (Å²) >= 11 is 7.55. The van der Waals surface area contributed by atoms with E-state index in [4.69, 9.17) is 9.52 Å². The maximum Gasteiger partial charge on any atom is 0.325 e. The fraction of sp³-hybridized carbons (Fsp3) is 0.0588. The first kappa shape index (κ1) is 15.8. The zero-order valence-corrected chi connectivity index (χ0v) is 14.3. The lowest BCUT2D eigenvalue weighted by Gasteiger charge is -2.03. The molecule has 0 aliphatic carbocycles. The Morgan fingerprint density at radius 1 is 1.13 bits per heavy atom. The molecule has 0 fully saturated rings. The zero-order valence-electron chi connectivity index (χ0n) is 11.8. The molecule has 3 rings (SSSR count). The van der Waals surface area contributed by atoms with Gasteiger partial charge >= 0.3 is 5.97 Å². The molecule has 23 heavy (non-hydrogen) atoms. The lowest BCUT2D eigenvalue weighted by Crippen LogP contribution is -2.05. The fourth-order valence-corrected chi connectivity index (χ4v) is 2.75. The molecule has 0 radical (unpaired) electrons. The van der Waals surface area contributed by atoms with Crippen molar-refractivity contribution in [2.45, 2.75) is 5.25 Å². The van der Waals surface area contributed by atoms with Crippen LogP contribution in [0, 0.1) is 0 Å². The highest BCUT2D eigenvalue weighted by atomic mass is 79.9. The number of carboxylic acid groups (broad SMARTS) is 1. The van der Waals surface area contributed by atoms with E-state index < -0.39 is 11.2 Å². The number of carbonyl (C=O) groups is 1. The van der Waals surface area contributed by atoms with Crippen molar-refractivity contribution >= 4 is 34.5 Å². The summed E-state index contributed by atoms with van der Waals surface area (Å²) in [5, 5.41) is 8.03. The number of thiol groups is 1. The summed E-state index contributed by atoms with van der Waals surface area (Å²) in [6, 6.07) is 17.0. The SMILES string of the molecule is O=C(O)C(S)c1nc(-c2ccccc2)c(-c2ccccc2Br)o1. The van der Waals surface area contributed by atoms with Crippen molar-refractivity contribution in [2.24, 2.45) is 0 Å². The van der Waals surface area contributed by atoms with E-state index in [1.807, 2.05) is 54.6 Å². The van der Waals surface area contributed by atoms with E-state index in [0.717, 1.165) is 15.6 Å². The standard InChI is InChI=1S/C17H12BrNO3S/c18-12-9-5-4-8-11(12)14-13(10-6-2-1-3-7-10)19-16(22-14)15(23)17(20)21/h1-9,15,23H,(H,20,21). The Kier molecular flexibility index (Phi) is 4.54. The molecule has 2 aromatic carbocycles. The van der Waals surface area contributed by atoms with Crippen LogP contribution in [0.25, 0.3) is 22.6 Å². The molecule has 1 atom stereocenters. The summed E-state index contributed by atoms with van der Waals surface area (Å²) in [5.74, 6) is -0.530. The molecule has 6 heteroatoms. The van der Waals surface area contributed by atoms with Crippen molar-refractivity contribution in [3.63, 3.8) is 0 Å². The van der Waals surface area contributed by atoms with Crippen LogP contribution in [0.5, 0.6) is 0 Å². The van der Waals surface area contributed by atoms with Crippen LogP contribution in [0.2, 0.25) is 0 Å². The van der Waals surface area contributed by atoms with Gasteiger partial charge in [-0.3, -0.25) is 4.79 Å². The van der Waals surface area contributed by atoms with Gasteiger partial charge in [0.05, 0.1) is 0 Å². The van der Waals surface area contributed by atoms with Gasteiger partial charge in [0.2, 0.25) is 5.89 Å². The average molecular weight is 390 g/mol. The summed E-state index contributed by atoms with van der Waals surface area (Å²) < 4.78 is 6.60. The molecule has 0 aliphatic heterocycles. The van der Waals surface area contributed by atoms with E-state index in [2.05, 4.69) is 33.5 Å². The number of halogens is 1. The quantitative estimate of drug-likeness (QED) is 0.627. The summed E-state index contributed by atoms with van der Waals surface area (Å²) in [7, 11) is 0. The van der Waals surface area contributed by atoms with E-state index in [-0.39, 0.29) is 5.89 Å². The van der Waals surface area contributed by atoms with Crippen LogP contribution in [-0.4, -0.2) is 16.1 Å². The minimum Gasteiger partial charge on any atom is -0.480 e. The maximum absolute atomic E-state index is 11.2. The van der Waals surface area contributed by atoms with E-state index >= 15 is 0 Å². The number of rotatable bonds is 4. The van der Waals surface area contributed by atoms with Gasteiger partial charge in [-0.15, -0.1) is 0 Å². The Morgan fingerprint density at radius 3 is 2.43 bits per heavy atom. The molecule has 1 unspecified atom stereocenters. The highest BCUT2D eigenvalue weighted by Crippen LogP contribution is 2.38. The number of benzene rings is 2. The van der Waals surface area contributed by atoms with Crippen LogP contribution < -0.4 is 0 Å². The normalized spacial score (nSPS) is 12.1. The number of aliphatic carboxylic acids is 1. The van der Waals surface area contributed by atoms with Crippen LogP contribution in [0.1, 0.15) is 11.1 Å². The predicted molar refractivity (Wildman–Crippen MR) is 94.4 cm³/mol. The van der Waals surface area contributed by atoms with E-state index in [1.165, 1.54) is 0 Å². The zero-order chi connectivity index (χ0) is 16.4. The first-order valence-corrected chi connectivity index (χ1v) is 8.11. The summed E-state index contributed by atoms with van der Waals surface area (Å²) in [6.45, 7) is 0. The van der Waals surface area contributed by atoms with E-state index in [1.54, 1.807) is 0 Å². The molecular formula is C17H12BrNO3S. The summed E-state index contributed by atoms with van der Waals surface area (Å²) in [6.07, 6.45) is 0. The Bertz CT molecular complexity index is 848. The molecule has 116 valence electrons. The molecule has 0 saturated carbocycles.